The molecule has 3 rings (SSSR count). The summed E-state index contributed by atoms with van der Waals surface area (Å²) in [6.45, 7) is 0. The van der Waals surface area contributed by atoms with E-state index in [1.807, 2.05) is 0 Å². The molecule has 0 aliphatic rings. The molecule has 0 aliphatic carbocycles. The molecule has 3 aromatic rings. The van der Waals surface area contributed by atoms with Gasteiger partial charge in [0.15, 0.2) is 5.65 Å². The van der Waals surface area contributed by atoms with Gasteiger partial charge in [0.25, 0.3) is 10.0 Å². The Morgan fingerprint density at radius 3 is 2.62 bits per heavy atom. The zero-order chi connectivity index (χ0) is 15.0. The molecule has 0 saturated carbocycles. The third-order valence-corrected chi connectivity index (χ3v) is 5.60. The van der Waals surface area contributed by atoms with Crippen molar-refractivity contribution in [1.29, 1.82) is 0 Å². The summed E-state index contributed by atoms with van der Waals surface area (Å²) in [5, 5.41) is 0.745. The maximum atomic E-state index is 12.7. The first-order valence-corrected chi connectivity index (χ1v) is 8.57. The number of halogens is 1. The summed E-state index contributed by atoms with van der Waals surface area (Å²) in [5.74, 6) is 0.593. The molecule has 0 amide bonds. The number of ether oxygens (including phenoxy) is 1. The predicted octanol–water partition coefficient (Wildman–Crippen LogP) is 2.89. The van der Waals surface area contributed by atoms with Crippen LogP contribution in [0.3, 0.4) is 0 Å². The average molecular weight is 414 g/mol. The first kappa shape index (κ1) is 14.3. The smallest absolute Gasteiger partial charge is 0.269 e. The molecule has 0 fully saturated rings. The van der Waals surface area contributed by atoms with Crippen molar-refractivity contribution in [2.24, 2.45) is 0 Å². The first-order chi connectivity index (χ1) is 10.0. The predicted molar refractivity (Wildman–Crippen MR) is 88.0 cm³/mol. The second-order valence-electron chi connectivity index (χ2n) is 4.34. The fraction of sp³-hybridized carbons (Fsp3) is 0.0714. The largest absolute Gasteiger partial charge is 0.495 e. The Morgan fingerprint density at radius 2 is 1.95 bits per heavy atom. The molecule has 0 aliphatic heterocycles. The Balaban J connectivity index is 2.27. The molecule has 0 saturated heterocycles. The van der Waals surface area contributed by atoms with Crippen LogP contribution in [-0.2, 0) is 10.0 Å². The molecule has 2 heterocycles. The molecule has 108 valence electrons. The van der Waals surface area contributed by atoms with Crippen LogP contribution in [0.15, 0.2) is 53.7 Å². The SMILES string of the molecule is COc1cnc2c(c1)c(I)cn2S(=O)(=O)c1ccccc1. The number of methoxy groups -OCH3 is 1. The van der Waals surface area contributed by atoms with E-state index in [0.717, 1.165) is 8.96 Å². The van der Waals surface area contributed by atoms with Crippen LogP contribution in [0.2, 0.25) is 0 Å². The van der Waals surface area contributed by atoms with Crippen LogP contribution in [0.4, 0.5) is 0 Å². The molecule has 1 aromatic carbocycles. The summed E-state index contributed by atoms with van der Waals surface area (Å²) in [6.07, 6.45) is 3.08. The number of hydrogen-bond donors (Lipinski definition) is 0. The molecule has 0 N–H and O–H groups in total. The van der Waals surface area contributed by atoms with Gasteiger partial charge in [-0.2, -0.15) is 0 Å². The lowest BCUT2D eigenvalue weighted by molar-refractivity contribution is 0.413. The van der Waals surface area contributed by atoms with E-state index in [9.17, 15) is 8.42 Å². The lowest BCUT2D eigenvalue weighted by Gasteiger charge is -2.06. The molecule has 0 spiro atoms. The van der Waals surface area contributed by atoms with E-state index in [1.54, 1.807) is 49.7 Å². The first-order valence-electron chi connectivity index (χ1n) is 6.05. The maximum Gasteiger partial charge on any atom is 0.269 e. The summed E-state index contributed by atoms with van der Waals surface area (Å²) < 4.78 is 32.5. The summed E-state index contributed by atoms with van der Waals surface area (Å²) in [6, 6.07) is 10.1. The van der Waals surface area contributed by atoms with E-state index < -0.39 is 10.0 Å². The average Bonchev–Trinajstić information content (AvgIpc) is 2.85. The summed E-state index contributed by atoms with van der Waals surface area (Å²) >= 11 is 2.09. The topological polar surface area (TPSA) is 61.2 Å². The Bertz CT molecular complexity index is 905. The maximum absolute atomic E-state index is 12.7. The van der Waals surface area contributed by atoms with Gasteiger partial charge >= 0.3 is 0 Å². The molecule has 7 heteroatoms. The van der Waals surface area contributed by atoms with Crippen molar-refractivity contribution in [3.63, 3.8) is 0 Å². The fourth-order valence-corrected chi connectivity index (χ4v) is 4.23. The molecule has 0 bridgehead atoms. The van der Waals surface area contributed by atoms with Gasteiger partial charge < -0.3 is 4.74 Å². The molecule has 0 atom stereocenters. The Morgan fingerprint density at radius 1 is 1.24 bits per heavy atom. The molecular weight excluding hydrogens is 403 g/mol. The van der Waals surface area contributed by atoms with Crippen LogP contribution in [-0.4, -0.2) is 24.5 Å². The van der Waals surface area contributed by atoms with Gasteiger partial charge in [-0.3, -0.25) is 0 Å². The summed E-state index contributed by atoms with van der Waals surface area (Å²) in [5.41, 5.74) is 0.393. The highest BCUT2D eigenvalue weighted by molar-refractivity contribution is 14.1. The lowest BCUT2D eigenvalue weighted by atomic mass is 10.3. The van der Waals surface area contributed by atoms with Gasteiger partial charge in [0.05, 0.1) is 18.2 Å². The van der Waals surface area contributed by atoms with Crippen LogP contribution in [0, 0.1) is 3.57 Å². The van der Waals surface area contributed by atoms with Crippen molar-refractivity contribution in [2.75, 3.05) is 7.11 Å². The van der Waals surface area contributed by atoms with Gasteiger partial charge in [0.1, 0.15) is 5.75 Å². The zero-order valence-electron chi connectivity index (χ0n) is 11.0. The van der Waals surface area contributed by atoms with Crippen molar-refractivity contribution < 1.29 is 13.2 Å². The molecule has 0 radical (unpaired) electrons. The second kappa shape index (κ2) is 5.30. The van der Waals surface area contributed by atoms with E-state index >= 15 is 0 Å². The summed E-state index contributed by atoms with van der Waals surface area (Å²) in [7, 11) is -2.11. The third-order valence-electron chi connectivity index (χ3n) is 3.07. The van der Waals surface area contributed by atoms with E-state index in [-0.39, 0.29) is 4.90 Å². The highest BCUT2D eigenvalue weighted by Gasteiger charge is 2.21. The van der Waals surface area contributed by atoms with Gasteiger partial charge in [-0.25, -0.2) is 17.4 Å². The standard InChI is InChI=1S/C14H11IN2O3S/c1-20-10-7-12-13(15)9-17(14(12)16-8-10)21(18,19)11-5-3-2-4-6-11/h2-9H,1H3. The monoisotopic (exact) mass is 414 g/mol. The quantitative estimate of drug-likeness (QED) is 0.619. The highest BCUT2D eigenvalue weighted by Crippen LogP contribution is 2.28. The number of hydrogen-bond acceptors (Lipinski definition) is 4. The number of rotatable bonds is 3. The van der Waals surface area contributed by atoms with Crippen molar-refractivity contribution in [3.05, 3.63) is 52.4 Å². The minimum Gasteiger partial charge on any atom is -0.495 e. The summed E-state index contributed by atoms with van der Waals surface area (Å²) in [4.78, 5) is 4.45. The number of pyridine rings is 1. The van der Waals surface area contributed by atoms with Crippen molar-refractivity contribution in [1.82, 2.24) is 8.96 Å². The van der Waals surface area contributed by atoms with E-state index in [2.05, 4.69) is 27.6 Å². The van der Waals surface area contributed by atoms with Gasteiger partial charge in [0, 0.05) is 15.2 Å². The van der Waals surface area contributed by atoms with E-state index in [4.69, 9.17) is 4.74 Å². The molecular formula is C14H11IN2O3S. The molecule has 0 unspecified atom stereocenters. The Labute approximate surface area is 135 Å². The number of aromatic nitrogens is 2. The fourth-order valence-electron chi connectivity index (χ4n) is 2.02. The third kappa shape index (κ3) is 2.40. The van der Waals surface area contributed by atoms with Crippen molar-refractivity contribution >= 4 is 43.6 Å². The number of fused-ring (bicyclic) bond motifs is 1. The van der Waals surface area contributed by atoms with Crippen LogP contribution in [0.5, 0.6) is 5.75 Å². The molecule has 2 aromatic heterocycles. The van der Waals surface area contributed by atoms with E-state index in [1.165, 1.54) is 10.2 Å². The normalized spacial score (nSPS) is 11.7. The minimum atomic E-state index is -3.66. The zero-order valence-corrected chi connectivity index (χ0v) is 14.0. The van der Waals surface area contributed by atoms with Gasteiger partial charge in [-0.15, -0.1) is 0 Å². The molecule has 5 nitrogen and oxygen atoms in total. The van der Waals surface area contributed by atoms with Gasteiger partial charge in [0.2, 0.25) is 0 Å². The van der Waals surface area contributed by atoms with Crippen molar-refractivity contribution in [3.8, 4) is 5.75 Å². The second-order valence-corrected chi connectivity index (χ2v) is 7.31. The number of nitrogens with zero attached hydrogens (tertiary/aromatic N) is 2. The van der Waals surface area contributed by atoms with Crippen LogP contribution >= 0.6 is 22.6 Å². The van der Waals surface area contributed by atoms with E-state index in [0.29, 0.717) is 11.4 Å². The van der Waals surface area contributed by atoms with Gasteiger partial charge in [-0.05, 0) is 40.8 Å². The van der Waals surface area contributed by atoms with Crippen LogP contribution in [0.1, 0.15) is 0 Å². The highest BCUT2D eigenvalue weighted by atomic mass is 127. The van der Waals surface area contributed by atoms with Gasteiger partial charge in [-0.1, -0.05) is 18.2 Å². The van der Waals surface area contributed by atoms with Crippen LogP contribution < -0.4 is 4.74 Å². The Kier molecular flexibility index (Phi) is 3.62. The molecule has 21 heavy (non-hydrogen) atoms. The Hall–Kier alpha value is -1.61. The van der Waals surface area contributed by atoms with Crippen LogP contribution in [0.25, 0.3) is 11.0 Å². The minimum absolute atomic E-state index is 0.232. The number of benzene rings is 1. The lowest BCUT2D eigenvalue weighted by Crippen LogP contribution is -2.12. The van der Waals surface area contributed by atoms with Crippen molar-refractivity contribution in [2.45, 2.75) is 4.90 Å².